The number of hydrogen-bond acceptors (Lipinski definition) is 13. The minimum atomic E-state index is -1.77. The van der Waals surface area contributed by atoms with E-state index >= 15 is 0 Å². The Hall–Kier alpha value is -1.01. The molecule has 0 bridgehead atoms. The average Bonchev–Trinajstić information content (AvgIpc) is 2.85. The number of aliphatic hydroxyl groups excluding tert-OH is 8. The second kappa shape index (κ2) is 14.8. The van der Waals surface area contributed by atoms with Gasteiger partial charge in [-0.2, -0.15) is 0 Å². The van der Waals surface area contributed by atoms with Crippen molar-refractivity contribution in [2.24, 2.45) is 0 Å². The van der Waals surface area contributed by atoms with E-state index in [0.717, 1.165) is 19.3 Å². The molecule has 2 rings (SSSR count). The molecule has 14 nitrogen and oxygen atoms in total. The molecule has 2 aliphatic rings. The van der Waals surface area contributed by atoms with Crippen LogP contribution >= 0.6 is 0 Å². The molecule has 0 spiro atoms. The molecule has 0 aromatic rings. The summed E-state index contributed by atoms with van der Waals surface area (Å²) in [6.45, 7) is 1.62. The van der Waals surface area contributed by atoms with Crippen LogP contribution in [0.2, 0.25) is 0 Å². The largest absolute Gasteiger partial charge is 0.394 e. The number of carbonyl (C=O) groups is 1. The first-order chi connectivity index (χ1) is 17.0. The summed E-state index contributed by atoms with van der Waals surface area (Å²) >= 11 is 0. The molecule has 0 aromatic carbocycles. The number of hydrogen-bond donors (Lipinski definition) is 9. The van der Waals surface area contributed by atoms with E-state index in [9.17, 15) is 45.6 Å². The SMILES string of the molecule is CCCCCC(O)C(COC1OC(CO)C(OC2OC(CO)C(O)C(O)C2O)C(O)C1O)NC(C)=O. The van der Waals surface area contributed by atoms with Gasteiger partial charge in [0.05, 0.1) is 32.0 Å². The molecule has 0 aromatic heterocycles. The van der Waals surface area contributed by atoms with Crippen molar-refractivity contribution in [1.29, 1.82) is 0 Å². The molecule has 2 fully saturated rings. The predicted molar refractivity (Wildman–Crippen MR) is 120 cm³/mol. The highest BCUT2D eigenvalue weighted by molar-refractivity contribution is 5.73. The lowest BCUT2D eigenvalue weighted by Gasteiger charge is -2.46. The van der Waals surface area contributed by atoms with E-state index in [1.165, 1.54) is 6.92 Å². The fourth-order valence-electron chi connectivity index (χ4n) is 4.21. The molecule has 0 saturated carbocycles. The highest BCUT2D eigenvalue weighted by Gasteiger charge is 2.50. The second-order valence-corrected chi connectivity index (χ2v) is 9.21. The molecule has 12 unspecified atom stereocenters. The summed E-state index contributed by atoms with van der Waals surface area (Å²) in [5.41, 5.74) is 0. The highest BCUT2D eigenvalue weighted by Crippen LogP contribution is 2.29. The molecule has 212 valence electrons. The molecule has 12 atom stereocenters. The van der Waals surface area contributed by atoms with Crippen LogP contribution in [0, 0.1) is 0 Å². The zero-order chi connectivity index (χ0) is 27.0. The normalized spacial score (nSPS) is 38.9. The van der Waals surface area contributed by atoms with E-state index in [1.54, 1.807) is 0 Å². The quantitative estimate of drug-likeness (QED) is 0.104. The number of ether oxygens (including phenoxy) is 4. The Bertz CT molecular complexity index is 653. The smallest absolute Gasteiger partial charge is 0.217 e. The molecule has 36 heavy (non-hydrogen) atoms. The molecule has 14 heteroatoms. The Morgan fingerprint density at radius 3 is 2.08 bits per heavy atom. The van der Waals surface area contributed by atoms with Gasteiger partial charge >= 0.3 is 0 Å². The van der Waals surface area contributed by atoms with Gasteiger partial charge in [0.2, 0.25) is 5.91 Å². The lowest BCUT2D eigenvalue weighted by Crippen LogP contribution is -2.65. The van der Waals surface area contributed by atoms with Gasteiger partial charge in [0, 0.05) is 6.92 Å². The van der Waals surface area contributed by atoms with E-state index in [0.29, 0.717) is 6.42 Å². The lowest BCUT2D eigenvalue weighted by atomic mass is 9.97. The number of rotatable bonds is 13. The van der Waals surface area contributed by atoms with Crippen molar-refractivity contribution in [2.75, 3.05) is 19.8 Å². The minimum Gasteiger partial charge on any atom is -0.394 e. The zero-order valence-corrected chi connectivity index (χ0v) is 20.5. The average molecular weight is 528 g/mol. The predicted octanol–water partition coefficient (Wildman–Crippen LogP) is -3.93. The van der Waals surface area contributed by atoms with Crippen LogP contribution in [-0.2, 0) is 23.7 Å². The number of carbonyl (C=O) groups excluding carboxylic acids is 1. The number of unbranched alkanes of at least 4 members (excludes halogenated alkanes) is 2. The van der Waals surface area contributed by atoms with E-state index in [4.69, 9.17) is 18.9 Å². The molecule has 9 N–H and O–H groups in total. The maximum absolute atomic E-state index is 11.6. The Morgan fingerprint density at radius 1 is 0.889 bits per heavy atom. The Morgan fingerprint density at radius 2 is 1.50 bits per heavy atom. The minimum absolute atomic E-state index is 0.266. The zero-order valence-electron chi connectivity index (χ0n) is 20.5. The second-order valence-electron chi connectivity index (χ2n) is 9.21. The Kier molecular flexibility index (Phi) is 12.8. The fraction of sp³-hybridized carbons (Fsp3) is 0.955. The molecule has 2 heterocycles. The Labute approximate surface area is 209 Å². The van der Waals surface area contributed by atoms with E-state index < -0.39 is 92.7 Å². The molecule has 2 aliphatic heterocycles. The van der Waals surface area contributed by atoms with Crippen molar-refractivity contribution in [3.63, 3.8) is 0 Å². The summed E-state index contributed by atoms with van der Waals surface area (Å²) in [6.07, 6.45) is -13.6. The summed E-state index contributed by atoms with van der Waals surface area (Å²) in [6, 6.07) is -0.817. The van der Waals surface area contributed by atoms with Crippen LogP contribution in [-0.4, -0.2) is 140 Å². The van der Waals surface area contributed by atoms with Gasteiger partial charge < -0.3 is 65.1 Å². The molecule has 0 aliphatic carbocycles. The first-order valence-corrected chi connectivity index (χ1v) is 12.2. The maximum Gasteiger partial charge on any atom is 0.217 e. The first kappa shape index (κ1) is 31.2. The summed E-state index contributed by atoms with van der Waals surface area (Å²) in [7, 11) is 0. The highest BCUT2D eigenvalue weighted by atomic mass is 16.7. The summed E-state index contributed by atoms with van der Waals surface area (Å²) in [5, 5.41) is 83.4. The van der Waals surface area contributed by atoms with Crippen LogP contribution in [0.1, 0.15) is 39.5 Å². The van der Waals surface area contributed by atoms with Crippen molar-refractivity contribution in [2.45, 2.75) is 113 Å². The molecular formula is C22H41NO13. The summed E-state index contributed by atoms with van der Waals surface area (Å²) < 4.78 is 21.9. The van der Waals surface area contributed by atoms with Crippen LogP contribution in [0.3, 0.4) is 0 Å². The standard InChI is InChI=1S/C22H41NO13/c1-3-4-5-6-12(27)11(23-10(2)26)9-33-21-19(32)17(30)20(14(8-25)35-21)36-22-18(31)16(29)15(28)13(7-24)34-22/h11-22,24-25,27-32H,3-9H2,1-2H3,(H,23,26). The lowest BCUT2D eigenvalue weighted by molar-refractivity contribution is -0.359. The van der Waals surface area contributed by atoms with Crippen LogP contribution in [0.5, 0.6) is 0 Å². The molecule has 0 radical (unpaired) electrons. The van der Waals surface area contributed by atoms with Gasteiger partial charge in [0.1, 0.15) is 48.8 Å². The van der Waals surface area contributed by atoms with Crippen molar-refractivity contribution < 1.29 is 64.6 Å². The van der Waals surface area contributed by atoms with Crippen LogP contribution in [0.4, 0.5) is 0 Å². The van der Waals surface area contributed by atoms with E-state index in [1.807, 2.05) is 6.92 Å². The van der Waals surface area contributed by atoms with Crippen LogP contribution in [0.15, 0.2) is 0 Å². The summed E-state index contributed by atoms with van der Waals surface area (Å²) in [5.74, 6) is -0.399. The van der Waals surface area contributed by atoms with Gasteiger partial charge in [0.15, 0.2) is 12.6 Å². The third-order valence-electron chi connectivity index (χ3n) is 6.36. The topological polar surface area (TPSA) is 228 Å². The molecule has 1 amide bonds. The maximum atomic E-state index is 11.6. The molecular weight excluding hydrogens is 486 g/mol. The van der Waals surface area contributed by atoms with Gasteiger partial charge in [-0.05, 0) is 6.42 Å². The van der Waals surface area contributed by atoms with Crippen LogP contribution < -0.4 is 5.32 Å². The third kappa shape index (κ3) is 7.99. The van der Waals surface area contributed by atoms with Crippen molar-refractivity contribution in [3.05, 3.63) is 0 Å². The number of nitrogens with one attached hydrogen (secondary N) is 1. The number of amides is 1. The van der Waals surface area contributed by atoms with Crippen molar-refractivity contribution >= 4 is 5.91 Å². The Balaban J connectivity index is 2.04. The van der Waals surface area contributed by atoms with E-state index in [-0.39, 0.29) is 6.61 Å². The third-order valence-corrected chi connectivity index (χ3v) is 6.36. The monoisotopic (exact) mass is 527 g/mol. The number of aliphatic hydroxyl groups is 8. The van der Waals surface area contributed by atoms with Gasteiger partial charge in [-0.3, -0.25) is 4.79 Å². The van der Waals surface area contributed by atoms with Gasteiger partial charge in [-0.1, -0.05) is 26.2 Å². The molecule has 2 saturated heterocycles. The van der Waals surface area contributed by atoms with Crippen molar-refractivity contribution in [3.8, 4) is 0 Å². The fourth-order valence-corrected chi connectivity index (χ4v) is 4.21. The van der Waals surface area contributed by atoms with Gasteiger partial charge in [-0.25, -0.2) is 0 Å². The van der Waals surface area contributed by atoms with Crippen LogP contribution in [0.25, 0.3) is 0 Å². The van der Waals surface area contributed by atoms with E-state index in [2.05, 4.69) is 5.32 Å². The van der Waals surface area contributed by atoms with Gasteiger partial charge in [0.25, 0.3) is 0 Å². The van der Waals surface area contributed by atoms with Crippen molar-refractivity contribution in [1.82, 2.24) is 5.32 Å². The summed E-state index contributed by atoms with van der Waals surface area (Å²) in [4.78, 5) is 11.6. The van der Waals surface area contributed by atoms with Gasteiger partial charge in [-0.15, -0.1) is 0 Å². The first-order valence-electron chi connectivity index (χ1n) is 12.2.